The van der Waals surface area contributed by atoms with Crippen LogP contribution < -0.4 is 21.5 Å². The maximum atomic E-state index is 11.8. The fourth-order valence-corrected chi connectivity index (χ4v) is 4.69. The van der Waals surface area contributed by atoms with Crippen LogP contribution in [-0.2, 0) is 4.79 Å². The molecule has 8 nitrogen and oxygen atoms in total. The summed E-state index contributed by atoms with van der Waals surface area (Å²) in [5.74, 6) is 0.834. The maximum absolute atomic E-state index is 11.8. The Bertz CT molecular complexity index is 662. The number of hydrogen-bond acceptors (Lipinski definition) is 5. The molecule has 3 atom stereocenters. The molecule has 25 heavy (non-hydrogen) atoms. The van der Waals surface area contributed by atoms with Gasteiger partial charge in [0.05, 0.1) is 23.9 Å². The third-order valence-electron chi connectivity index (χ3n) is 4.50. The van der Waals surface area contributed by atoms with Crippen molar-refractivity contribution < 1.29 is 18.8 Å². The van der Waals surface area contributed by atoms with Gasteiger partial charge in [-0.3, -0.25) is 20.4 Å². The Morgan fingerprint density at radius 3 is 2.92 bits per heavy atom. The van der Waals surface area contributed by atoms with Crippen LogP contribution in [-0.4, -0.2) is 40.9 Å². The number of urea groups is 1. The van der Waals surface area contributed by atoms with Gasteiger partial charge in [-0.2, -0.15) is 11.8 Å². The summed E-state index contributed by atoms with van der Waals surface area (Å²) in [6, 6.07) is 1.90. The number of hydrogen-bond donors (Lipinski definition) is 4. The maximum Gasteiger partial charge on any atom is 0.315 e. The Morgan fingerprint density at radius 2 is 2.16 bits per heavy atom. The molecule has 0 unspecified atom stereocenters. The highest BCUT2D eigenvalue weighted by molar-refractivity contribution is 8.00. The predicted molar refractivity (Wildman–Crippen MR) is 93.0 cm³/mol. The number of rotatable bonds is 6. The lowest BCUT2D eigenvalue weighted by atomic mass is 10.0. The van der Waals surface area contributed by atoms with Crippen molar-refractivity contribution in [1.29, 1.82) is 0 Å². The van der Waals surface area contributed by atoms with E-state index in [1.165, 1.54) is 6.26 Å². The molecule has 9 heteroatoms. The highest BCUT2D eigenvalue weighted by Gasteiger charge is 2.42. The summed E-state index contributed by atoms with van der Waals surface area (Å²) in [5.41, 5.74) is 5.20. The molecule has 136 valence electrons. The van der Waals surface area contributed by atoms with Crippen LogP contribution in [0.5, 0.6) is 0 Å². The lowest BCUT2D eigenvalue weighted by Gasteiger charge is -2.16. The van der Waals surface area contributed by atoms with E-state index in [1.54, 1.807) is 13.0 Å². The van der Waals surface area contributed by atoms with Crippen LogP contribution >= 0.6 is 11.8 Å². The molecule has 0 bridgehead atoms. The number of hydrazine groups is 1. The minimum Gasteiger partial charge on any atom is -0.469 e. The molecular weight excluding hydrogens is 344 g/mol. The molecule has 0 radical (unpaired) electrons. The van der Waals surface area contributed by atoms with E-state index in [-0.39, 0.29) is 24.0 Å². The minimum absolute atomic E-state index is 0.0803. The number of unbranched alkanes of at least 4 members (excludes halogenated alkanes) is 1. The standard InChI is InChI=1S/C16H22N4O4S/c1-9-10(6-7-24-9)15(22)20-19-13(21)5-3-2-4-12-14-11(8-25-12)17-16(23)18-14/h6-7,11-12,14H,2-5,8H2,1H3,(H,19,21)(H,20,22)(H2,17,18,23)/t11-,12-,14+/m0/s1. The number of amides is 4. The lowest BCUT2D eigenvalue weighted by molar-refractivity contribution is -0.122. The monoisotopic (exact) mass is 366 g/mol. The fraction of sp³-hybridized carbons (Fsp3) is 0.562. The second-order valence-electron chi connectivity index (χ2n) is 6.26. The molecular formula is C16H22N4O4S. The molecule has 0 aromatic carbocycles. The summed E-state index contributed by atoms with van der Waals surface area (Å²) in [4.78, 5) is 35.0. The molecule has 4 amide bonds. The molecule has 3 heterocycles. The first-order valence-electron chi connectivity index (χ1n) is 8.36. The van der Waals surface area contributed by atoms with Crippen molar-refractivity contribution in [2.24, 2.45) is 0 Å². The van der Waals surface area contributed by atoms with Crippen molar-refractivity contribution in [3.8, 4) is 0 Å². The van der Waals surface area contributed by atoms with Crippen LogP contribution in [0.25, 0.3) is 0 Å². The molecule has 3 rings (SSSR count). The number of fused-ring (bicyclic) bond motifs is 1. The van der Waals surface area contributed by atoms with Gasteiger partial charge in [-0.15, -0.1) is 0 Å². The topological polar surface area (TPSA) is 112 Å². The molecule has 2 saturated heterocycles. The van der Waals surface area contributed by atoms with Gasteiger partial charge in [-0.1, -0.05) is 6.42 Å². The number of carbonyl (C=O) groups is 3. The summed E-state index contributed by atoms with van der Waals surface area (Å²) in [6.07, 6.45) is 4.38. The van der Waals surface area contributed by atoms with Crippen molar-refractivity contribution in [2.75, 3.05) is 5.75 Å². The van der Waals surface area contributed by atoms with Gasteiger partial charge in [0.2, 0.25) is 5.91 Å². The summed E-state index contributed by atoms with van der Waals surface area (Å²) in [5, 5.41) is 6.28. The lowest BCUT2D eigenvalue weighted by Crippen LogP contribution is -2.41. The van der Waals surface area contributed by atoms with Crippen LogP contribution in [0.3, 0.4) is 0 Å². The van der Waals surface area contributed by atoms with Gasteiger partial charge >= 0.3 is 6.03 Å². The number of aryl methyl sites for hydroxylation is 1. The third-order valence-corrected chi connectivity index (χ3v) is 6.01. The highest BCUT2D eigenvalue weighted by atomic mass is 32.2. The van der Waals surface area contributed by atoms with Gasteiger partial charge in [0.1, 0.15) is 5.76 Å². The minimum atomic E-state index is -0.391. The third kappa shape index (κ3) is 4.28. The number of nitrogens with one attached hydrogen (secondary N) is 4. The first kappa shape index (κ1) is 17.7. The molecule has 2 fully saturated rings. The van der Waals surface area contributed by atoms with Crippen LogP contribution in [0.4, 0.5) is 4.79 Å². The summed E-state index contributed by atoms with van der Waals surface area (Å²) < 4.78 is 5.05. The van der Waals surface area contributed by atoms with Gasteiger partial charge in [0.25, 0.3) is 5.91 Å². The second-order valence-corrected chi connectivity index (χ2v) is 7.53. The molecule has 0 spiro atoms. The van der Waals surface area contributed by atoms with Crippen molar-refractivity contribution in [3.05, 3.63) is 23.7 Å². The average Bonchev–Trinajstić information content (AvgIpc) is 3.25. The fourth-order valence-electron chi connectivity index (χ4n) is 3.15. The zero-order valence-corrected chi connectivity index (χ0v) is 14.8. The van der Waals surface area contributed by atoms with Gasteiger partial charge < -0.3 is 15.1 Å². The highest BCUT2D eigenvalue weighted by Crippen LogP contribution is 2.33. The zero-order valence-electron chi connectivity index (χ0n) is 14.0. The molecule has 4 N–H and O–H groups in total. The van der Waals surface area contributed by atoms with Crippen LogP contribution in [0.2, 0.25) is 0 Å². The number of furan rings is 1. The Balaban J connectivity index is 1.30. The van der Waals surface area contributed by atoms with Crippen molar-refractivity contribution in [2.45, 2.75) is 49.9 Å². The quantitative estimate of drug-likeness (QED) is 0.342. The van der Waals surface area contributed by atoms with E-state index in [4.69, 9.17) is 4.42 Å². The van der Waals surface area contributed by atoms with E-state index in [9.17, 15) is 14.4 Å². The van der Waals surface area contributed by atoms with Crippen molar-refractivity contribution in [3.63, 3.8) is 0 Å². The molecule has 2 aliphatic rings. The van der Waals surface area contributed by atoms with E-state index in [0.717, 1.165) is 25.0 Å². The van der Waals surface area contributed by atoms with Gasteiger partial charge in [0.15, 0.2) is 0 Å². The average molecular weight is 366 g/mol. The molecule has 1 aromatic rings. The predicted octanol–water partition coefficient (Wildman–Crippen LogP) is 1.07. The summed E-state index contributed by atoms with van der Waals surface area (Å²) in [6.45, 7) is 1.69. The van der Waals surface area contributed by atoms with Crippen LogP contribution in [0, 0.1) is 6.92 Å². The molecule has 2 aliphatic heterocycles. The first-order chi connectivity index (χ1) is 12.0. The van der Waals surface area contributed by atoms with E-state index in [1.807, 2.05) is 11.8 Å². The van der Waals surface area contributed by atoms with E-state index in [0.29, 0.717) is 23.0 Å². The number of carbonyl (C=O) groups excluding carboxylic acids is 3. The van der Waals surface area contributed by atoms with E-state index >= 15 is 0 Å². The number of thioether (sulfide) groups is 1. The van der Waals surface area contributed by atoms with Crippen molar-refractivity contribution >= 4 is 29.6 Å². The van der Waals surface area contributed by atoms with Crippen LogP contribution in [0.1, 0.15) is 41.8 Å². The van der Waals surface area contributed by atoms with E-state index in [2.05, 4.69) is 21.5 Å². The van der Waals surface area contributed by atoms with Crippen molar-refractivity contribution in [1.82, 2.24) is 21.5 Å². The second kappa shape index (κ2) is 7.81. The van der Waals surface area contributed by atoms with Crippen LogP contribution in [0.15, 0.2) is 16.7 Å². The Labute approximate surface area is 149 Å². The van der Waals surface area contributed by atoms with Gasteiger partial charge in [0, 0.05) is 17.4 Å². The Morgan fingerprint density at radius 1 is 1.32 bits per heavy atom. The largest absolute Gasteiger partial charge is 0.469 e. The normalized spacial score (nSPS) is 24.4. The van der Waals surface area contributed by atoms with Gasteiger partial charge in [-0.05, 0) is 25.8 Å². The SMILES string of the molecule is Cc1occc1C(=O)NNC(=O)CCCC[C@@H]1SC[C@@H]2NC(=O)N[C@H]21. The first-order valence-corrected chi connectivity index (χ1v) is 9.41. The summed E-state index contributed by atoms with van der Waals surface area (Å²) in [7, 11) is 0. The Hall–Kier alpha value is -2.16. The summed E-state index contributed by atoms with van der Waals surface area (Å²) >= 11 is 1.87. The smallest absolute Gasteiger partial charge is 0.315 e. The molecule has 1 aromatic heterocycles. The van der Waals surface area contributed by atoms with Gasteiger partial charge in [-0.25, -0.2) is 4.79 Å². The molecule has 0 saturated carbocycles. The molecule has 0 aliphatic carbocycles. The zero-order chi connectivity index (χ0) is 17.8. The van der Waals surface area contributed by atoms with E-state index < -0.39 is 5.91 Å². The Kier molecular flexibility index (Phi) is 5.52.